The summed E-state index contributed by atoms with van der Waals surface area (Å²) in [6, 6.07) is 3.89. The monoisotopic (exact) mass is 262 g/mol. The predicted octanol–water partition coefficient (Wildman–Crippen LogP) is 0.707. The summed E-state index contributed by atoms with van der Waals surface area (Å²) < 4.78 is 0. The van der Waals surface area contributed by atoms with Crippen molar-refractivity contribution in [3.63, 3.8) is 0 Å². The lowest BCUT2D eigenvalue weighted by Gasteiger charge is -2.27. The van der Waals surface area contributed by atoms with E-state index in [1.165, 1.54) is 0 Å². The van der Waals surface area contributed by atoms with E-state index in [-0.39, 0.29) is 5.91 Å². The van der Waals surface area contributed by atoms with Gasteiger partial charge < -0.3 is 15.5 Å². The lowest BCUT2D eigenvalue weighted by molar-refractivity contribution is 0.0716. The number of likely N-dealkylation sites (N-methyl/N-ethyl adjacent to an activating group) is 1. The predicted molar refractivity (Wildman–Crippen MR) is 74.7 cm³/mol. The van der Waals surface area contributed by atoms with Crippen LogP contribution in [0.15, 0.2) is 18.3 Å². The summed E-state index contributed by atoms with van der Waals surface area (Å²) in [6.45, 7) is 2.13. The van der Waals surface area contributed by atoms with Gasteiger partial charge in [-0.1, -0.05) is 0 Å². The summed E-state index contributed by atoms with van der Waals surface area (Å²) in [5, 5.41) is 0. The van der Waals surface area contributed by atoms with Crippen LogP contribution < -0.4 is 5.73 Å². The molecule has 0 aromatic carbocycles. The molecule has 1 amide bonds. The number of likely N-dealkylation sites (tertiary alicyclic amines) is 1. The van der Waals surface area contributed by atoms with Crippen LogP contribution in [0.1, 0.15) is 28.9 Å². The van der Waals surface area contributed by atoms with Crippen LogP contribution in [0.2, 0.25) is 0 Å². The third-order valence-corrected chi connectivity index (χ3v) is 3.49. The average Bonchev–Trinajstić information content (AvgIpc) is 2.85. The first-order valence-electron chi connectivity index (χ1n) is 6.72. The van der Waals surface area contributed by atoms with Crippen LogP contribution >= 0.6 is 0 Å². The minimum Gasteiger partial charge on any atom is -0.334 e. The lowest BCUT2D eigenvalue weighted by Crippen LogP contribution is -2.41. The van der Waals surface area contributed by atoms with Gasteiger partial charge in [0.05, 0.1) is 5.69 Å². The van der Waals surface area contributed by atoms with Crippen molar-refractivity contribution in [3.05, 3.63) is 29.6 Å². The molecular formula is C14H22N4O. The Morgan fingerprint density at radius 2 is 2.37 bits per heavy atom. The van der Waals surface area contributed by atoms with Gasteiger partial charge >= 0.3 is 0 Å². The van der Waals surface area contributed by atoms with Gasteiger partial charge in [0.25, 0.3) is 5.91 Å². The number of hydrogen-bond acceptors (Lipinski definition) is 4. The maximum Gasteiger partial charge on any atom is 0.254 e. The zero-order chi connectivity index (χ0) is 13.8. The molecule has 104 valence electrons. The van der Waals surface area contributed by atoms with E-state index in [1.54, 1.807) is 18.3 Å². The van der Waals surface area contributed by atoms with E-state index >= 15 is 0 Å². The summed E-state index contributed by atoms with van der Waals surface area (Å²) in [6.07, 6.45) is 3.82. The molecule has 2 heterocycles. The fourth-order valence-electron chi connectivity index (χ4n) is 2.60. The van der Waals surface area contributed by atoms with Crippen molar-refractivity contribution in [3.8, 4) is 0 Å². The van der Waals surface area contributed by atoms with E-state index in [1.807, 2.05) is 19.0 Å². The number of carbonyl (C=O) groups is 1. The molecule has 1 aliphatic heterocycles. The fourth-order valence-corrected chi connectivity index (χ4v) is 2.60. The maximum absolute atomic E-state index is 12.5. The zero-order valence-electron chi connectivity index (χ0n) is 11.7. The number of nitrogens with two attached hydrogens (primary N) is 1. The number of carbonyl (C=O) groups excluding carboxylic acids is 1. The van der Waals surface area contributed by atoms with Crippen molar-refractivity contribution < 1.29 is 4.79 Å². The van der Waals surface area contributed by atoms with E-state index in [4.69, 9.17) is 5.73 Å². The zero-order valence-corrected chi connectivity index (χ0v) is 11.7. The Morgan fingerprint density at radius 1 is 1.58 bits per heavy atom. The Morgan fingerprint density at radius 3 is 3.05 bits per heavy atom. The summed E-state index contributed by atoms with van der Waals surface area (Å²) in [4.78, 5) is 20.8. The molecule has 5 nitrogen and oxygen atoms in total. The number of amides is 1. The van der Waals surface area contributed by atoms with Crippen LogP contribution in [0.5, 0.6) is 0 Å². The first-order chi connectivity index (χ1) is 9.11. The highest BCUT2D eigenvalue weighted by Gasteiger charge is 2.29. The Hall–Kier alpha value is -1.46. The van der Waals surface area contributed by atoms with Gasteiger partial charge in [-0.05, 0) is 39.1 Å². The molecule has 0 aliphatic carbocycles. The number of rotatable bonds is 4. The number of aromatic nitrogens is 1. The maximum atomic E-state index is 12.5. The molecule has 1 saturated heterocycles. The molecule has 0 radical (unpaired) electrons. The van der Waals surface area contributed by atoms with Crippen molar-refractivity contribution in [2.24, 2.45) is 5.73 Å². The molecule has 19 heavy (non-hydrogen) atoms. The molecule has 5 heteroatoms. The third-order valence-electron chi connectivity index (χ3n) is 3.49. The normalized spacial score (nSPS) is 19.2. The van der Waals surface area contributed by atoms with Gasteiger partial charge in [0.2, 0.25) is 0 Å². The van der Waals surface area contributed by atoms with Crippen LogP contribution in [0, 0.1) is 0 Å². The number of nitrogens with zero attached hydrogens (tertiary/aromatic N) is 3. The summed E-state index contributed by atoms with van der Waals surface area (Å²) in [5.74, 6) is 0.0986. The highest BCUT2D eigenvalue weighted by atomic mass is 16.2. The quantitative estimate of drug-likeness (QED) is 0.868. The van der Waals surface area contributed by atoms with E-state index in [0.717, 1.165) is 31.6 Å². The van der Waals surface area contributed by atoms with Crippen LogP contribution in [0.3, 0.4) is 0 Å². The van der Waals surface area contributed by atoms with Gasteiger partial charge in [-0.15, -0.1) is 0 Å². The summed E-state index contributed by atoms with van der Waals surface area (Å²) in [5.41, 5.74) is 7.03. The van der Waals surface area contributed by atoms with Gasteiger partial charge in [-0.25, -0.2) is 0 Å². The van der Waals surface area contributed by atoms with Crippen LogP contribution in [0.4, 0.5) is 0 Å². The Labute approximate surface area is 114 Å². The molecule has 1 unspecified atom stereocenters. The molecule has 2 N–H and O–H groups in total. The highest BCUT2D eigenvalue weighted by Crippen LogP contribution is 2.20. The van der Waals surface area contributed by atoms with E-state index in [9.17, 15) is 4.79 Å². The second-order valence-corrected chi connectivity index (χ2v) is 5.30. The lowest BCUT2D eigenvalue weighted by atomic mass is 10.1. The molecule has 1 aliphatic rings. The number of hydrogen-bond donors (Lipinski definition) is 1. The molecule has 1 aromatic heterocycles. The Balaban J connectivity index is 2.13. The van der Waals surface area contributed by atoms with Crippen LogP contribution in [-0.2, 0) is 6.54 Å². The third kappa shape index (κ3) is 3.30. The minimum atomic E-state index is 0.0986. The summed E-state index contributed by atoms with van der Waals surface area (Å²) in [7, 11) is 4.08. The van der Waals surface area contributed by atoms with Gasteiger partial charge in [-0.3, -0.25) is 9.78 Å². The average molecular weight is 262 g/mol. The molecule has 1 atom stereocenters. The van der Waals surface area contributed by atoms with Gasteiger partial charge in [-0.2, -0.15) is 0 Å². The van der Waals surface area contributed by atoms with Crippen LogP contribution in [-0.4, -0.2) is 53.9 Å². The SMILES string of the molecule is CN(C)CC1CCCN1C(=O)c1ccnc(CN)c1. The topological polar surface area (TPSA) is 62.5 Å². The van der Waals surface area contributed by atoms with Gasteiger partial charge in [0.1, 0.15) is 0 Å². The largest absolute Gasteiger partial charge is 0.334 e. The van der Waals surface area contributed by atoms with Gasteiger partial charge in [0.15, 0.2) is 0 Å². The van der Waals surface area contributed by atoms with Crippen LogP contribution in [0.25, 0.3) is 0 Å². The van der Waals surface area contributed by atoms with Crippen molar-refractivity contribution in [2.45, 2.75) is 25.4 Å². The second kappa shape index (κ2) is 6.12. The minimum absolute atomic E-state index is 0.0986. The molecule has 2 rings (SSSR count). The van der Waals surface area contributed by atoms with Gasteiger partial charge in [0, 0.05) is 37.4 Å². The Bertz CT molecular complexity index is 447. The smallest absolute Gasteiger partial charge is 0.254 e. The van der Waals surface area contributed by atoms with Crippen molar-refractivity contribution in [1.82, 2.24) is 14.8 Å². The fraction of sp³-hybridized carbons (Fsp3) is 0.571. The van der Waals surface area contributed by atoms with E-state index in [2.05, 4.69) is 9.88 Å². The van der Waals surface area contributed by atoms with Crippen molar-refractivity contribution >= 4 is 5.91 Å². The Kier molecular flexibility index (Phi) is 4.50. The standard InChI is InChI=1S/C14H22N4O/c1-17(2)10-13-4-3-7-18(13)14(19)11-5-6-16-12(8-11)9-15/h5-6,8,13H,3-4,7,9-10,15H2,1-2H3. The molecule has 0 saturated carbocycles. The summed E-state index contributed by atoms with van der Waals surface area (Å²) >= 11 is 0. The van der Waals surface area contributed by atoms with Crippen molar-refractivity contribution in [1.29, 1.82) is 0 Å². The molecule has 1 aromatic rings. The first-order valence-corrected chi connectivity index (χ1v) is 6.72. The molecule has 0 bridgehead atoms. The molecule has 1 fully saturated rings. The van der Waals surface area contributed by atoms with Crippen molar-refractivity contribution in [2.75, 3.05) is 27.2 Å². The first kappa shape index (κ1) is 14.0. The highest BCUT2D eigenvalue weighted by molar-refractivity contribution is 5.94. The van der Waals surface area contributed by atoms with E-state index < -0.39 is 0 Å². The van der Waals surface area contributed by atoms with E-state index in [0.29, 0.717) is 18.2 Å². The number of pyridine rings is 1. The second-order valence-electron chi connectivity index (χ2n) is 5.30. The molecular weight excluding hydrogens is 240 g/mol. The molecule has 0 spiro atoms.